The molecule has 0 heterocycles. The summed E-state index contributed by atoms with van der Waals surface area (Å²) in [5, 5.41) is 0. The first kappa shape index (κ1) is 20.2. The van der Waals surface area contributed by atoms with Crippen molar-refractivity contribution >= 4 is 17.5 Å². The number of hydrogen-bond acceptors (Lipinski definition) is 4. The van der Waals surface area contributed by atoms with Gasteiger partial charge in [0.25, 0.3) is 0 Å². The normalized spacial score (nSPS) is 43.6. The molecule has 2 fully saturated rings. The summed E-state index contributed by atoms with van der Waals surface area (Å²) in [4.78, 5) is 36.7. The van der Waals surface area contributed by atoms with Gasteiger partial charge < -0.3 is 4.74 Å². The largest absolute Gasteiger partial charge is 0.446 e. The highest BCUT2D eigenvalue weighted by atomic mass is 19.1. The van der Waals surface area contributed by atoms with Crippen LogP contribution in [0.2, 0.25) is 0 Å². The molecule has 4 aliphatic rings. The Morgan fingerprint density at radius 1 is 1.21 bits per heavy atom. The van der Waals surface area contributed by atoms with Gasteiger partial charge in [-0.2, -0.15) is 0 Å². The molecular formula is C24H29FO4. The number of rotatable bonds is 2. The number of allylic oxidation sites excluding steroid dienone is 4. The Morgan fingerprint density at radius 2 is 1.90 bits per heavy atom. The van der Waals surface area contributed by atoms with Crippen molar-refractivity contribution in [2.75, 3.05) is 0 Å². The lowest BCUT2D eigenvalue weighted by Gasteiger charge is -2.57. The molecule has 0 aromatic carbocycles. The third-order valence-corrected chi connectivity index (χ3v) is 8.51. The average Bonchev–Trinajstić information content (AvgIpc) is 2.85. The third kappa shape index (κ3) is 2.45. The van der Waals surface area contributed by atoms with Gasteiger partial charge in [-0.1, -0.05) is 20.4 Å². The number of carbonyl (C=O) groups is 3. The molecule has 0 radical (unpaired) electrons. The second-order valence-corrected chi connectivity index (χ2v) is 9.84. The van der Waals surface area contributed by atoms with Gasteiger partial charge in [0.05, 0.1) is 0 Å². The summed E-state index contributed by atoms with van der Waals surface area (Å²) in [6, 6.07) is 0. The Balaban J connectivity index is 1.84. The lowest BCUT2D eigenvalue weighted by molar-refractivity contribution is -0.179. The monoisotopic (exact) mass is 400 g/mol. The van der Waals surface area contributed by atoms with Gasteiger partial charge in [0.15, 0.2) is 17.2 Å². The molecule has 29 heavy (non-hydrogen) atoms. The molecule has 0 unspecified atom stereocenters. The summed E-state index contributed by atoms with van der Waals surface area (Å²) in [5.41, 5.74) is -1.20. The number of carbonyl (C=O) groups excluding carboxylic acids is 3. The van der Waals surface area contributed by atoms with Crippen LogP contribution in [0.3, 0.4) is 0 Å². The van der Waals surface area contributed by atoms with Crippen molar-refractivity contribution in [3.8, 4) is 0 Å². The molecule has 0 amide bonds. The van der Waals surface area contributed by atoms with Crippen molar-refractivity contribution in [2.45, 2.75) is 65.4 Å². The summed E-state index contributed by atoms with van der Waals surface area (Å²) in [6.07, 6.45) is 6.25. The number of Topliss-reactive ketones (excluding diaryl/α,β-unsaturated/α-hetero) is 1. The van der Waals surface area contributed by atoms with Crippen molar-refractivity contribution < 1.29 is 23.5 Å². The van der Waals surface area contributed by atoms with Gasteiger partial charge in [0.2, 0.25) is 0 Å². The lowest BCUT2D eigenvalue weighted by Crippen LogP contribution is -2.58. The number of hydrogen-bond donors (Lipinski definition) is 0. The van der Waals surface area contributed by atoms with Crippen molar-refractivity contribution in [3.05, 3.63) is 35.7 Å². The van der Waals surface area contributed by atoms with Crippen LogP contribution in [0.15, 0.2) is 35.7 Å². The van der Waals surface area contributed by atoms with Crippen LogP contribution in [0.25, 0.3) is 0 Å². The van der Waals surface area contributed by atoms with E-state index in [0.29, 0.717) is 36.8 Å². The number of ether oxygens (including phenoxy) is 1. The van der Waals surface area contributed by atoms with Gasteiger partial charge >= 0.3 is 5.97 Å². The molecule has 0 N–H and O–H groups in total. The minimum absolute atomic E-state index is 0.0141. The standard InChI is InChI=1S/C24H29FO4/c1-13-10-19-17-12-21(25)20-11-16(28)6-8-22(20,4)18(17)7-9-23(19,5)24(13,14(2)26)29-15(3)27/h11-12,17-19H,1,6-10H2,2-5H3/t17-,18-,19+,22+,23+,24+/m1/s1. The molecule has 5 heteroatoms. The van der Waals surface area contributed by atoms with Crippen molar-refractivity contribution in [3.63, 3.8) is 0 Å². The Kier molecular flexibility index (Phi) is 4.35. The maximum absolute atomic E-state index is 15.2. The maximum Gasteiger partial charge on any atom is 0.303 e. The zero-order valence-electron chi connectivity index (χ0n) is 17.6. The van der Waals surface area contributed by atoms with E-state index in [9.17, 15) is 14.4 Å². The lowest BCUT2D eigenvalue weighted by atomic mass is 9.47. The molecule has 0 aromatic rings. The summed E-state index contributed by atoms with van der Waals surface area (Å²) >= 11 is 0. The molecule has 4 rings (SSSR count). The minimum Gasteiger partial charge on any atom is -0.446 e. The molecule has 2 saturated carbocycles. The van der Waals surface area contributed by atoms with Crippen LogP contribution >= 0.6 is 0 Å². The van der Waals surface area contributed by atoms with Crippen LogP contribution in [-0.4, -0.2) is 23.1 Å². The van der Waals surface area contributed by atoms with Crippen LogP contribution in [0.5, 0.6) is 0 Å². The average molecular weight is 400 g/mol. The first-order valence-electron chi connectivity index (χ1n) is 10.5. The van der Waals surface area contributed by atoms with E-state index in [1.807, 2.05) is 6.92 Å². The predicted octanol–water partition coefficient (Wildman–Crippen LogP) is 4.65. The zero-order chi connectivity index (χ0) is 21.4. The summed E-state index contributed by atoms with van der Waals surface area (Å²) in [5.74, 6) is -0.983. The number of esters is 1. The Morgan fingerprint density at radius 3 is 2.52 bits per heavy atom. The number of ketones is 2. The fourth-order valence-electron chi connectivity index (χ4n) is 7.15. The van der Waals surface area contributed by atoms with Crippen LogP contribution in [0.1, 0.15) is 59.8 Å². The molecule has 0 saturated heterocycles. The van der Waals surface area contributed by atoms with E-state index in [4.69, 9.17) is 4.74 Å². The van der Waals surface area contributed by atoms with Crippen LogP contribution in [0.4, 0.5) is 4.39 Å². The quantitative estimate of drug-likeness (QED) is 0.500. The Labute approximate surface area is 171 Å². The predicted molar refractivity (Wildman–Crippen MR) is 106 cm³/mol. The second-order valence-electron chi connectivity index (χ2n) is 9.84. The fourth-order valence-corrected chi connectivity index (χ4v) is 7.15. The molecule has 156 valence electrons. The van der Waals surface area contributed by atoms with E-state index in [0.717, 1.165) is 6.42 Å². The molecule has 4 nitrogen and oxygen atoms in total. The fraction of sp³-hybridized carbons (Fsp3) is 0.625. The highest BCUT2D eigenvalue weighted by Crippen LogP contribution is 2.68. The highest BCUT2D eigenvalue weighted by molar-refractivity contribution is 5.93. The van der Waals surface area contributed by atoms with E-state index in [-0.39, 0.29) is 40.6 Å². The molecule has 0 aliphatic heterocycles. The maximum atomic E-state index is 15.2. The highest BCUT2D eigenvalue weighted by Gasteiger charge is 2.69. The summed E-state index contributed by atoms with van der Waals surface area (Å²) in [7, 11) is 0. The molecular weight excluding hydrogens is 371 g/mol. The molecule has 6 atom stereocenters. The van der Waals surface area contributed by atoms with E-state index >= 15 is 4.39 Å². The molecule has 4 aliphatic carbocycles. The van der Waals surface area contributed by atoms with Crippen molar-refractivity contribution in [1.82, 2.24) is 0 Å². The van der Waals surface area contributed by atoms with Gasteiger partial charge in [-0.3, -0.25) is 14.4 Å². The number of fused-ring (bicyclic) bond motifs is 5. The van der Waals surface area contributed by atoms with Gasteiger partial charge in [-0.05, 0) is 79.1 Å². The van der Waals surface area contributed by atoms with Crippen LogP contribution in [0, 0.1) is 28.6 Å². The first-order chi connectivity index (χ1) is 13.5. The number of halogens is 1. The minimum atomic E-state index is -1.35. The van der Waals surface area contributed by atoms with Gasteiger partial charge in [-0.25, -0.2) is 4.39 Å². The van der Waals surface area contributed by atoms with Gasteiger partial charge in [0.1, 0.15) is 5.83 Å². The Hall–Kier alpha value is -2.04. The SMILES string of the molecule is C=C1C[C@H]2[C@@H]3C=C(F)C4=CC(=O)CC[C@@]4(C)[C@@H]3CC[C@]2(C)[C@@]1(OC(C)=O)C(C)=O. The van der Waals surface area contributed by atoms with Gasteiger partial charge in [-0.15, -0.1) is 0 Å². The Bertz CT molecular complexity index is 899. The zero-order valence-corrected chi connectivity index (χ0v) is 17.6. The van der Waals surface area contributed by atoms with Gasteiger partial charge in [0, 0.05) is 18.8 Å². The third-order valence-electron chi connectivity index (χ3n) is 8.51. The van der Waals surface area contributed by atoms with E-state index in [1.165, 1.54) is 19.9 Å². The van der Waals surface area contributed by atoms with Crippen LogP contribution in [-0.2, 0) is 19.1 Å². The van der Waals surface area contributed by atoms with E-state index < -0.39 is 17.0 Å². The van der Waals surface area contributed by atoms with Crippen molar-refractivity contribution in [1.29, 1.82) is 0 Å². The first-order valence-corrected chi connectivity index (χ1v) is 10.5. The van der Waals surface area contributed by atoms with E-state index in [1.54, 1.807) is 6.08 Å². The molecule has 0 bridgehead atoms. The van der Waals surface area contributed by atoms with E-state index in [2.05, 4.69) is 13.5 Å². The van der Waals surface area contributed by atoms with Crippen molar-refractivity contribution in [2.24, 2.45) is 28.6 Å². The molecule has 0 aromatic heterocycles. The topological polar surface area (TPSA) is 60.4 Å². The molecule has 0 spiro atoms. The second kappa shape index (κ2) is 6.23. The smallest absolute Gasteiger partial charge is 0.303 e. The van der Waals surface area contributed by atoms with Crippen LogP contribution < -0.4 is 0 Å². The summed E-state index contributed by atoms with van der Waals surface area (Å²) in [6.45, 7) is 11.0. The summed E-state index contributed by atoms with van der Waals surface area (Å²) < 4.78 is 21.0.